The molecule has 0 radical (unpaired) electrons. The first-order valence-electron chi connectivity index (χ1n) is 8.11. The fourth-order valence-electron chi connectivity index (χ4n) is 2.50. The summed E-state index contributed by atoms with van der Waals surface area (Å²) in [6.45, 7) is 3.71. The van der Waals surface area contributed by atoms with Crippen LogP contribution in [0.3, 0.4) is 0 Å². The van der Waals surface area contributed by atoms with Crippen molar-refractivity contribution in [2.24, 2.45) is 0 Å². The molecule has 0 fully saturated rings. The predicted octanol–water partition coefficient (Wildman–Crippen LogP) is 3.51. The molecule has 0 aliphatic rings. The van der Waals surface area contributed by atoms with Crippen LogP contribution in [-0.2, 0) is 4.79 Å². The molecule has 0 unspecified atom stereocenters. The molecule has 128 valence electrons. The summed E-state index contributed by atoms with van der Waals surface area (Å²) in [5, 5.41) is 7.01. The average molecular weight is 336 g/mol. The topological polar surface area (TPSA) is 69.0 Å². The number of benzene rings is 2. The molecular weight excluding hydrogens is 316 g/mol. The number of ether oxygens (including phenoxy) is 1. The van der Waals surface area contributed by atoms with Gasteiger partial charge < -0.3 is 10.1 Å². The minimum Gasteiger partial charge on any atom is -0.457 e. The molecule has 3 aromatic rings. The van der Waals surface area contributed by atoms with E-state index in [1.165, 1.54) is 17.3 Å². The van der Waals surface area contributed by atoms with E-state index in [0.29, 0.717) is 0 Å². The number of para-hydroxylation sites is 2. The lowest BCUT2D eigenvalue weighted by Crippen LogP contribution is -2.33. The number of carbonyl (C=O) groups excluding carboxylic acids is 1. The van der Waals surface area contributed by atoms with Gasteiger partial charge in [0.1, 0.15) is 30.2 Å². The molecule has 3 rings (SSSR count). The number of aromatic nitrogens is 3. The third-order valence-electron chi connectivity index (χ3n) is 3.93. The summed E-state index contributed by atoms with van der Waals surface area (Å²) in [5.74, 6) is 1.34. The summed E-state index contributed by atoms with van der Waals surface area (Å²) in [6.07, 6.45) is 2.94. The summed E-state index contributed by atoms with van der Waals surface area (Å²) in [7, 11) is 0. The first-order valence-corrected chi connectivity index (χ1v) is 8.11. The minimum atomic E-state index is -0.438. The van der Waals surface area contributed by atoms with Gasteiger partial charge in [-0.3, -0.25) is 4.79 Å². The van der Waals surface area contributed by atoms with Crippen LogP contribution in [0.5, 0.6) is 11.5 Å². The molecule has 2 atom stereocenters. The van der Waals surface area contributed by atoms with E-state index >= 15 is 0 Å². The van der Waals surface area contributed by atoms with Gasteiger partial charge in [-0.1, -0.05) is 36.4 Å². The average Bonchev–Trinajstić information content (AvgIpc) is 3.17. The molecule has 0 saturated heterocycles. The van der Waals surface area contributed by atoms with Gasteiger partial charge in [0, 0.05) is 5.56 Å². The van der Waals surface area contributed by atoms with E-state index in [-0.39, 0.29) is 11.9 Å². The van der Waals surface area contributed by atoms with E-state index in [9.17, 15) is 4.79 Å². The Morgan fingerprint density at radius 2 is 1.80 bits per heavy atom. The van der Waals surface area contributed by atoms with Gasteiger partial charge in [-0.05, 0) is 32.0 Å². The minimum absolute atomic E-state index is 0.132. The van der Waals surface area contributed by atoms with Gasteiger partial charge in [-0.15, -0.1) is 0 Å². The maximum absolute atomic E-state index is 12.5. The first-order chi connectivity index (χ1) is 12.1. The Morgan fingerprint density at radius 3 is 2.52 bits per heavy atom. The molecule has 6 heteroatoms. The second-order valence-corrected chi connectivity index (χ2v) is 5.73. The standard InChI is InChI=1S/C19H20N4O2/c1-14(22-19(24)15(2)23-13-20-12-21-23)17-10-6-7-11-18(17)25-16-8-4-3-5-9-16/h3-15H,1-2H3,(H,22,24)/t14-,15+/m0/s1. The van der Waals surface area contributed by atoms with Crippen LogP contribution in [0, 0.1) is 0 Å². The van der Waals surface area contributed by atoms with Gasteiger partial charge in [0.15, 0.2) is 0 Å². The summed E-state index contributed by atoms with van der Waals surface area (Å²) >= 11 is 0. The molecule has 6 nitrogen and oxygen atoms in total. The molecule has 0 aliphatic heterocycles. The van der Waals surface area contributed by atoms with E-state index in [4.69, 9.17) is 4.74 Å². The fraction of sp³-hybridized carbons (Fsp3) is 0.211. The van der Waals surface area contributed by atoms with Crippen molar-refractivity contribution in [3.63, 3.8) is 0 Å². The SMILES string of the molecule is C[C@H](NC(=O)[C@@H](C)n1cncn1)c1ccccc1Oc1ccccc1. The van der Waals surface area contributed by atoms with Crippen molar-refractivity contribution < 1.29 is 9.53 Å². The molecule has 1 N–H and O–H groups in total. The molecule has 0 bridgehead atoms. The van der Waals surface area contributed by atoms with Gasteiger partial charge in [-0.2, -0.15) is 5.10 Å². The Hall–Kier alpha value is -3.15. The van der Waals surface area contributed by atoms with Gasteiger partial charge in [0.05, 0.1) is 6.04 Å². The van der Waals surface area contributed by atoms with E-state index < -0.39 is 6.04 Å². The van der Waals surface area contributed by atoms with E-state index in [2.05, 4.69) is 15.4 Å². The van der Waals surface area contributed by atoms with Crippen LogP contribution in [0.4, 0.5) is 0 Å². The lowest BCUT2D eigenvalue weighted by molar-refractivity contribution is -0.124. The molecule has 0 spiro atoms. The molecule has 0 aliphatic carbocycles. The number of carbonyl (C=O) groups is 1. The van der Waals surface area contributed by atoms with Crippen molar-refractivity contribution in [3.05, 3.63) is 72.8 Å². The lowest BCUT2D eigenvalue weighted by atomic mass is 10.1. The summed E-state index contributed by atoms with van der Waals surface area (Å²) < 4.78 is 7.49. The van der Waals surface area contributed by atoms with Crippen molar-refractivity contribution in [2.75, 3.05) is 0 Å². The van der Waals surface area contributed by atoms with Crippen molar-refractivity contribution in [1.29, 1.82) is 0 Å². The third kappa shape index (κ3) is 4.03. The highest BCUT2D eigenvalue weighted by molar-refractivity contribution is 5.80. The Labute approximate surface area is 146 Å². The highest BCUT2D eigenvalue weighted by Gasteiger charge is 2.20. The molecule has 0 saturated carbocycles. The zero-order valence-electron chi connectivity index (χ0n) is 14.2. The second kappa shape index (κ2) is 7.61. The number of hydrogen-bond donors (Lipinski definition) is 1. The zero-order chi connectivity index (χ0) is 17.6. The van der Waals surface area contributed by atoms with Crippen LogP contribution >= 0.6 is 0 Å². The third-order valence-corrected chi connectivity index (χ3v) is 3.93. The monoisotopic (exact) mass is 336 g/mol. The number of nitrogens with one attached hydrogen (secondary N) is 1. The fourth-order valence-corrected chi connectivity index (χ4v) is 2.50. The lowest BCUT2D eigenvalue weighted by Gasteiger charge is -2.20. The highest BCUT2D eigenvalue weighted by Crippen LogP contribution is 2.29. The summed E-state index contributed by atoms with van der Waals surface area (Å²) in [4.78, 5) is 16.3. The number of hydrogen-bond acceptors (Lipinski definition) is 4. The van der Waals surface area contributed by atoms with E-state index in [1.54, 1.807) is 6.92 Å². The van der Waals surface area contributed by atoms with Gasteiger partial charge in [0.25, 0.3) is 0 Å². The summed E-state index contributed by atoms with van der Waals surface area (Å²) in [5.41, 5.74) is 0.908. The quantitative estimate of drug-likeness (QED) is 0.748. The molecule has 1 heterocycles. The van der Waals surface area contributed by atoms with Crippen molar-refractivity contribution in [2.45, 2.75) is 25.9 Å². The molecule has 25 heavy (non-hydrogen) atoms. The Balaban J connectivity index is 1.74. The number of rotatable bonds is 6. The summed E-state index contributed by atoms with van der Waals surface area (Å²) in [6, 6.07) is 16.6. The molecule has 1 amide bonds. The van der Waals surface area contributed by atoms with E-state index in [0.717, 1.165) is 17.1 Å². The van der Waals surface area contributed by atoms with E-state index in [1.807, 2.05) is 61.5 Å². The predicted molar refractivity (Wildman–Crippen MR) is 94.2 cm³/mol. The molecular formula is C19H20N4O2. The smallest absolute Gasteiger partial charge is 0.245 e. The molecule has 2 aromatic carbocycles. The van der Waals surface area contributed by atoms with Crippen LogP contribution in [0.15, 0.2) is 67.3 Å². The van der Waals surface area contributed by atoms with Crippen LogP contribution in [0.1, 0.15) is 31.5 Å². The van der Waals surface area contributed by atoms with Crippen LogP contribution in [0.2, 0.25) is 0 Å². The largest absolute Gasteiger partial charge is 0.457 e. The number of amides is 1. The number of nitrogens with zero attached hydrogens (tertiary/aromatic N) is 3. The zero-order valence-corrected chi connectivity index (χ0v) is 14.2. The Morgan fingerprint density at radius 1 is 1.08 bits per heavy atom. The van der Waals surface area contributed by atoms with Gasteiger partial charge in [0.2, 0.25) is 5.91 Å². The second-order valence-electron chi connectivity index (χ2n) is 5.73. The van der Waals surface area contributed by atoms with Crippen molar-refractivity contribution in [1.82, 2.24) is 20.1 Å². The highest BCUT2D eigenvalue weighted by atomic mass is 16.5. The normalized spacial score (nSPS) is 13.0. The Bertz CT molecular complexity index is 818. The maximum Gasteiger partial charge on any atom is 0.245 e. The van der Waals surface area contributed by atoms with Crippen molar-refractivity contribution >= 4 is 5.91 Å². The van der Waals surface area contributed by atoms with Crippen LogP contribution < -0.4 is 10.1 Å². The first kappa shape index (κ1) is 16.7. The van der Waals surface area contributed by atoms with Crippen LogP contribution in [0.25, 0.3) is 0 Å². The van der Waals surface area contributed by atoms with Gasteiger partial charge in [-0.25, -0.2) is 9.67 Å². The maximum atomic E-state index is 12.5. The van der Waals surface area contributed by atoms with Crippen molar-refractivity contribution in [3.8, 4) is 11.5 Å². The Kier molecular flexibility index (Phi) is 5.09. The molecule has 1 aromatic heterocycles. The van der Waals surface area contributed by atoms with Crippen LogP contribution in [-0.4, -0.2) is 20.7 Å². The van der Waals surface area contributed by atoms with Gasteiger partial charge >= 0.3 is 0 Å².